The van der Waals surface area contributed by atoms with Gasteiger partial charge < -0.3 is 20.1 Å². The van der Waals surface area contributed by atoms with Crippen LogP contribution in [-0.4, -0.2) is 48.2 Å². The van der Waals surface area contributed by atoms with E-state index in [2.05, 4.69) is 15.6 Å². The van der Waals surface area contributed by atoms with Gasteiger partial charge in [0.1, 0.15) is 6.04 Å². The molecular formula is C12H19N5O2. The number of aryl methyl sites for hydroxylation is 1. The fourth-order valence-corrected chi connectivity index (χ4v) is 2.24. The van der Waals surface area contributed by atoms with E-state index < -0.39 is 6.04 Å². The van der Waals surface area contributed by atoms with E-state index in [0.717, 1.165) is 6.54 Å². The molecule has 0 radical (unpaired) electrons. The molecule has 2 heterocycles. The zero-order valence-electron chi connectivity index (χ0n) is 11.2. The van der Waals surface area contributed by atoms with Crippen molar-refractivity contribution < 1.29 is 4.79 Å². The Bertz CT molecular complexity index is 513. The Morgan fingerprint density at radius 1 is 1.63 bits per heavy atom. The number of likely N-dealkylation sites (N-methyl/N-ethyl adjacent to an activating group) is 1. The van der Waals surface area contributed by atoms with Gasteiger partial charge in [-0.3, -0.25) is 9.59 Å². The smallest absolute Gasteiger partial charge is 0.293 e. The van der Waals surface area contributed by atoms with E-state index in [4.69, 9.17) is 0 Å². The first-order chi connectivity index (χ1) is 9.19. The normalized spacial score (nSPS) is 19.3. The predicted molar refractivity (Wildman–Crippen MR) is 72.2 cm³/mol. The third-order valence-corrected chi connectivity index (χ3v) is 3.30. The minimum Gasteiger partial charge on any atom is -0.357 e. The number of rotatable bonds is 3. The highest BCUT2D eigenvalue weighted by Gasteiger charge is 2.30. The van der Waals surface area contributed by atoms with E-state index in [0.29, 0.717) is 25.5 Å². The fraction of sp³-hybridized carbons (Fsp3) is 0.583. The molecule has 1 aromatic heterocycles. The Morgan fingerprint density at radius 2 is 2.42 bits per heavy atom. The summed E-state index contributed by atoms with van der Waals surface area (Å²) in [5.74, 6) is 0.236. The molecule has 0 aromatic carbocycles. The van der Waals surface area contributed by atoms with E-state index in [9.17, 15) is 9.59 Å². The summed E-state index contributed by atoms with van der Waals surface area (Å²) in [6, 6.07) is -0.397. The molecule has 1 atom stereocenters. The first-order valence-electron chi connectivity index (χ1n) is 6.43. The molecule has 1 fully saturated rings. The van der Waals surface area contributed by atoms with Gasteiger partial charge in [-0.2, -0.15) is 0 Å². The van der Waals surface area contributed by atoms with Crippen LogP contribution in [0, 0.1) is 0 Å². The van der Waals surface area contributed by atoms with Crippen LogP contribution in [0.4, 0.5) is 5.82 Å². The van der Waals surface area contributed by atoms with Crippen molar-refractivity contribution in [1.29, 1.82) is 0 Å². The van der Waals surface area contributed by atoms with Crippen LogP contribution < -0.4 is 21.1 Å². The number of nitrogens with zero attached hydrogens (tertiary/aromatic N) is 3. The van der Waals surface area contributed by atoms with Crippen LogP contribution in [0.2, 0.25) is 0 Å². The van der Waals surface area contributed by atoms with Crippen molar-refractivity contribution >= 4 is 11.7 Å². The molecule has 2 N–H and O–H groups in total. The van der Waals surface area contributed by atoms with Crippen LogP contribution in [0.5, 0.6) is 0 Å². The Labute approximate surface area is 111 Å². The molecule has 7 nitrogen and oxygen atoms in total. The lowest BCUT2D eigenvalue weighted by Gasteiger charge is -2.35. The molecule has 1 aliphatic heterocycles. The zero-order valence-corrected chi connectivity index (χ0v) is 11.2. The van der Waals surface area contributed by atoms with Crippen LogP contribution in [0.15, 0.2) is 17.2 Å². The van der Waals surface area contributed by atoms with Crippen molar-refractivity contribution in [2.24, 2.45) is 0 Å². The van der Waals surface area contributed by atoms with Crippen LogP contribution in [0.3, 0.4) is 0 Å². The Balaban J connectivity index is 2.38. The molecule has 1 unspecified atom stereocenters. The minimum absolute atomic E-state index is 0.111. The summed E-state index contributed by atoms with van der Waals surface area (Å²) < 4.78 is 1.59. The summed E-state index contributed by atoms with van der Waals surface area (Å²) in [5.41, 5.74) is -0.152. The monoisotopic (exact) mass is 265 g/mol. The van der Waals surface area contributed by atoms with Gasteiger partial charge in [-0.25, -0.2) is 4.98 Å². The largest absolute Gasteiger partial charge is 0.357 e. The summed E-state index contributed by atoms with van der Waals surface area (Å²) in [7, 11) is 1.60. The maximum absolute atomic E-state index is 12.3. The molecule has 0 aliphatic carbocycles. The molecule has 1 aliphatic rings. The zero-order chi connectivity index (χ0) is 13.8. The number of hydrogen-bond acceptors (Lipinski definition) is 5. The molecule has 1 saturated heterocycles. The highest BCUT2D eigenvalue weighted by atomic mass is 16.2. The number of anilines is 1. The van der Waals surface area contributed by atoms with Gasteiger partial charge in [0.05, 0.1) is 0 Å². The number of hydrogen-bond donors (Lipinski definition) is 2. The van der Waals surface area contributed by atoms with E-state index >= 15 is 0 Å². The van der Waals surface area contributed by atoms with Crippen molar-refractivity contribution in [3.05, 3.63) is 22.7 Å². The summed E-state index contributed by atoms with van der Waals surface area (Å²) >= 11 is 0. The number of aromatic nitrogens is 2. The van der Waals surface area contributed by atoms with Crippen LogP contribution in [-0.2, 0) is 11.3 Å². The van der Waals surface area contributed by atoms with Crippen molar-refractivity contribution in [1.82, 2.24) is 20.2 Å². The Hall–Kier alpha value is -1.89. The Morgan fingerprint density at radius 3 is 3.11 bits per heavy atom. The fourth-order valence-electron chi connectivity index (χ4n) is 2.24. The molecule has 1 amide bonds. The number of carbonyl (C=O) groups excluding carboxylic acids is 1. The highest BCUT2D eigenvalue weighted by Crippen LogP contribution is 2.11. The molecule has 1 aromatic rings. The van der Waals surface area contributed by atoms with Gasteiger partial charge in [-0.1, -0.05) is 0 Å². The lowest BCUT2D eigenvalue weighted by Crippen LogP contribution is -2.59. The predicted octanol–water partition coefficient (Wildman–Crippen LogP) is -1.21. The van der Waals surface area contributed by atoms with Gasteiger partial charge in [-0.15, -0.1) is 0 Å². The second-order valence-electron chi connectivity index (χ2n) is 4.37. The van der Waals surface area contributed by atoms with Gasteiger partial charge >= 0.3 is 0 Å². The molecule has 0 bridgehead atoms. The summed E-state index contributed by atoms with van der Waals surface area (Å²) in [6.07, 6.45) is 3.26. The van der Waals surface area contributed by atoms with Gasteiger partial charge in [0.15, 0.2) is 5.82 Å². The minimum atomic E-state index is -0.397. The molecular weight excluding hydrogens is 246 g/mol. The van der Waals surface area contributed by atoms with Gasteiger partial charge in [-0.05, 0) is 6.92 Å². The average Bonchev–Trinajstić information content (AvgIpc) is 2.47. The lowest BCUT2D eigenvalue weighted by molar-refractivity contribution is -0.122. The number of nitrogens with one attached hydrogen (secondary N) is 2. The molecule has 2 rings (SSSR count). The standard InChI is InChI=1S/C12H19N5O2/c1-3-16-6-5-15-10(12(16)19)17-7-4-14-8-9(17)11(18)13-2/h5-6,9,14H,3-4,7-8H2,1-2H3,(H,13,18). The highest BCUT2D eigenvalue weighted by molar-refractivity contribution is 5.85. The van der Waals surface area contributed by atoms with Gasteiger partial charge in [0.25, 0.3) is 5.56 Å². The maximum atomic E-state index is 12.3. The topological polar surface area (TPSA) is 79.3 Å². The van der Waals surface area contributed by atoms with Crippen molar-refractivity contribution in [2.75, 3.05) is 31.6 Å². The van der Waals surface area contributed by atoms with Crippen molar-refractivity contribution in [2.45, 2.75) is 19.5 Å². The van der Waals surface area contributed by atoms with Crippen LogP contribution in [0.1, 0.15) is 6.92 Å². The number of amides is 1. The Kier molecular flexibility index (Phi) is 4.16. The second-order valence-corrected chi connectivity index (χ2v) is 4.37. The summed E-state index contributed by atoms with van der Waals surface area (Å²) in [5, 5.41) is 5.78. The summed E-state index contributed by atoms with van der Waals surface area (Å²) in [4.78, 5) is 30.1. The van der Waals surface area contributed by atoms with Crippen molar-refractivity contribution in [3.8, 4) is 0 Å². The van der Waals surface area contributed by atoms with Gasteiger partial charge in [0.2, 0.25) is 5.91 Å². The van der Waals surface area contributed by atoms with Gasteiger partial charge in [0, 0.05) is 45.6 Å². The molecule has 7 heteroatoms. The van der Waals surface area contributed by atoms with E-state index in [1.807, 2.05) is 6.92 Å². The van der Waals surface area contributed by atoms with E-state index in [-0.39, 0.29) is 11.5 Å². The third-order valence-electron chi connectivity index (χ3n) is 3.30. The first kappa shape index (κ1) is 13.5. The molecule has 104 valence electrons. The molecule has 19 heavy (non-hydrogen) atoms. The molecule has 0 spiro atoms. The maximum Gasteiger partial charge on any atom is 0.293 e. The van der Waals surface area contributed by atoms with E-state index in [1.165, 1.54) is 0 Å². The quantitative estimate of drug-likeness (QED) is 0.717. The summed E-state index contributed by atoms with van der Waals surface area (Å²) in [6.45, 7) is 4.33. The average molecular weight is 265 g/mol. The SMILES string of the molecule is CCn1ccnc(N2CCNCC2C(=O)NC)c1=O. The van der Waals surface area contributed by atoms with Crippen LogP contribution in [0.25, 0.3) is 0 Å². The van der Waals surface area contributed by atoms with E-state index in [1.54, 1.807) is 28.9 Å². The number of piperazine rings is 1. The lowest BCUT2D eigenvalue weighted by atomic mass is 10.2. The first-order valence-corrected chi connectivity index (χ1v) is 6.43. The molecule has 0 saturated carbocycles. The third kappa shape index (κ3) is 2.60. The van der Waals surface area contributed by atoms with Crippen LogP contribution >= 0.6 is 0 Å². The number of carbonyl (C=O) groups is 1. The van der Waals surface area contributed by atoms with Crippen molar-refractivity contribution in [3.63, 3.8) is 0 Å². The second kappa shape index (κ2) is 5.83.